The lowest BCUT2D eigenvalue weighted by atomic mass is 10.2. The van der Waals surface area contributed by atoms with Gasteiger partial charge in [0.05, 0.1) is 16.3 Å². The smallest absolute Gasteiger partial charge is 0.387 e. The maximum atomic E-state index is 12.3. The number of rotatable bonds is 4. The van der Waals surface area contributed by atoms with E-state index in [-0.39, 0.29) is 16.3 Å². The number of carbonyl (C=O) groups excluding carboxylic acids is 1. The zero-order chi connectivity index (χ0) is 15.4. The number of hydrogen-bond donors (Lipinski definition) is 2. The molecule has 0 bridgehead atoms. The van der Waals surface area contributed by atoms with Gasteiger partial charge >= 0.3 is 6.61 Å². The van der Waals surface area contributed by atoms with Gasteiger partial charge in [0.15, 0.2) is 0 Å². The Morgan fingerprint density at radius 2 is 1.95 bits per heavy atom. The Labute approximate surface area is 124 Å². The van der Waals surface area contributed by atoms with Crippen molar-refractivity contribution in [1.29, 1.82) is 0 Å². The molecular formula is C14H11ClF2N2O2. The Bertz CT molecular complexity index is 665. The average Bonchev–Trinajstić information content (AvgIpc) is 2.42. The monoisotopic (exact) mass is 312 g/mol. The van der Waals surface area contributed by atoms with Crippen LogP contribution in [0.4, 0.5) is 20.2 Å². The number of benzene rings is 2. The van der Waals surface area contributed by atoms with E-state index in [1.807, 2.05) is 0 Å². The van der Waals surface area contributed by atoms with Crippen LogP contribution < -0.4 is 15.8 Å². The van der Waals surface area contributed by atoms with Crippen molar-refractivity contribution >= 4 is 28.9 Å². The van der Waals surface area contributed by atoms with E-state index < -0.39 is 12.5 Å². The molecule has 2 aromatic rings. The fourth-order valence-corrected chi connectivity index (χ4v) is 1.91. The van der Waals surface area contributed by atoms with Crippen molar-refractivity contribution in [3.8, 4) is 5.75 Å². The number of halogens is 3. The lowest BCUT2D eigenvalue weighted by Gasteiger charge is -2.11. The van der Waals surface area contributed by atoms with E-state index in [0.29, 0.717) is 11.4 Å². The number of alkyl halides is 2. The molecule has 0 aliphatic rings. The molecule has 110 valence electrons. The molecular weight excluding hydrogens is 302 g/mol. The second kappa shape index (κ2) is 6.41. The molecule has 0 saturated carbocycles. The van der Waals surface area contributed by atoms with E-state index in [1.54, 1.807) is 6.07 Å². The summed E-state index contributed by atoms with van der Waals surface area (Å²) in [5, 5.41) is 2.76. The van der Waals surface area contributed by atoms with Gasteiger partial charge in [0.1, 0.15) is 5.75 Å². The van der Waals surface area contributed by atoms with Gasteiger partial charge in [0.2, 0.25) is 0 Å². The molecule has 0 fully saturated rings. The number of amides is 1. The Hall–Kier alpha value is -2.34. The molecule has 0 unspecified atom stereocenters. The summed E-state index contributed by atoms with van der Waals surface area (Å²) in [6.07, 6.45) is 0. The van der Waals surface area contributed by atoms with E-state index in [9.17, 15) is 13.6 Å². The van der Waals surface area contributed by atoms with Crippen molar-refractivity contribution in [2.75, 3.05) is 11.1 Å². The molecule has 0 aliphatic carbocycles. The molecule has 0 aliphatic heterocycles. The van der Waals surface area contributed by atoms with E-state index in [4.69, 9.17) is 17.3 Å². The quantitative estimate of drug-likeness (QED) is 0.845. The van der Waals surface area contributed by atoms with Gasteiger partial charge < -0.3 is 15.8 Å². The minimum Gasteiger partial charge on any atom is -0.434 e. The second-order valence-corrected chi connectivity index (χ2v) is 4.48. The van der Waals surface area contributed by atoms with Gasteiger partial charge in [0, 0.05) is 5.69 Å². The summed E-state index contributed by atoms with van der Waals surface area (Å²) < 4.78 is 28.9. The van der Waals surface area contributed by atoms with Crippen molar-refractivity contribution in [3.63, 3.8) is 0 Å². The molecule has 0 radical (unpaired) electrons. The minimum absolute atomic E-state index is 0.0225. The van der Waals surface area contributed by atoms with Crippen LogP contribution in [0.15, 0.2) is 42.5 Å². The summed E-state index contributed by atoms with van der Waals surface area (Å²) in [5.74, 6) is -0.825. The van der Waals surface area contributed by atoms with Crippen LogP contribution in [0.2, 0.25) is 5.02 Å². The first-order valence-corrected chi connectivity index (χ1v) is 6.25. The van der Waals surface area contributed by atoms with Crippen LogP contribution >= 0.6 is 11.6 Å². The van der Waals surface area contributed by atoms with Crippen LogP contribution in [0.25, 0.3) is 0 Å². The Balaban J connectivity index is 2.24. The number of nitrogens with two attached hydrogens (primary N) is 1. The molecule has 0 aromatic heterocycles. The molecule has 3 N–H and O–H groups in total. The molecule has 1 amide bonds. The van der Waals surface area contributed by atoms with Gasteiger partial charge in [-0.25, -0.2) is 0 Å². The first kappa shape index (κ1) is 15.1. The number of nitrogens with one attached hydrogen (secondary N) is 1. The topological polar surface area (TPSA) is 64.3 Å². The molecule has 21 heavy (non-hydrogen) atoms. The van der Waals surface area contributed by atoms with Gasteiger partial charge in [-0.05, 0) is 30.3 Å². The van der Waals surface area contributed by atoms with Crippen molar-refractivity contribution in [3.05, 3.63) is 53.1 Å². The third kappa shape index (κ3) is 3.82. The van der Waals surface area contributed by atoms with E-state index in [1.165, 1.54) is 36.4 Å². The average molecular weight is 313 g/mol. The zero-order valence-electron chi connectivity index (χ0n) is 10.6. The summed E-state index contributed by atoms with van der Waals surface area (Å²) >= 11 is 5.94. The van der Waals surface area contributed by atoms with E-state index in [0.717, 1.165) is 0 Å². The highest BCUT2D eigenvalue weighted by atomic mass is 35.5. The highest BCUT2D eigenvalue weighted by Gasteiger charge is 2.16. The Morgan fingerprint density at radius 3 is 2.62 bits per heavy atom. The number of carbonyl (C=O) groups is 1. The fraction of sp³-hybridized carbons (Fsp3) is 0.0714. The number of anilines is 2. The summed E-state index contributed by atoms with van der Waals surface area (Å²) in [6, 6.07) is 10.2. The van der Waals surface area contributed by atoms with Crippen molar-refractivity contribution < 1.29 is 18.3 Å². The molecule has 0 saturated heterocycles. The molecule has 4 nitrogen and oxygen atoms in total. The van der Waals surface area contributed by atoms with Crippen molar-refractivity contribution in [2.45, 2.75) is 6.61 Å². The van der Waals surface area contributed by atoms with Gasteiger partial charge in [0.25, 0.3) is 5.91 Å². The third-order valence-electron chi connectivity index (χ3n) is 2.59. The van der Waals surface area contributed by atoms with Crippen LogP contribution in [-0.4, -0.2) is 12.5 Å². The molecule has 0 spiro atoms. The Morgan fingerprint density at radius 1 is 1.24 bits per heavy atom. The molecule has 0 atom stereocenters. The first-order chi connectivity index (χ1) is 9.97. The van der Waals surface area contributed by atoms with Crippen molar-refractivity contribution in [1.82, 2.24) is 0 Å². The Kier molecular flexibility index (Phi) is 4.59. The standard InChI is InChI=1S/C14H11ClF2N2O2/c15-10-7-8(18)5-6-11(10)19-13(20)9-3-1-2-4-12(9)21-14(16)17/h1-7,14H,18H2,(H,19,20). The molecule has 2 aromatic carbocycles. The summed E-state index contributed by atoms with van der Waals surface area (Å²) in [5.41, 5.74) is 6.29. The lowest BCUT2D eigenvalue weighted by molar-refractivity contribution is -0.0501. The van der Waals surface area contributed by atoms with Crippen LogP contribution in [-0.2, 0) is 0 Å². The predicted octanol–water partition coefficient (Wildman–Crippen LogP) is 3.78. The second-order valence-electron chi connectivity index (χ2n) is 4.07. The SMILES string of the molecule is Nc1ccc(NC(=O)c2ccccc2OC(F)F)c(Cl)c1. The lowest BCUT2D eigenvalue weighted by Crippen LogP contribution is -2.15. The molecule has 7 heteroatoms. The third-order valence-corrected chi connectivity index (χ3v) is 2.90. The maximum Gasteiger partial charge on any atom is 0.387 e. The summed E-state index contributed by atoms with van der Waals surface area (Å²) in [4.78, 5) is 12.1. The van der Waals surface area contributed by atoms with E-state index in [2.05, 4.69) is 10.1 Å². The van der Waals surface area contributed by atoms with Gasteiger partial charge in [-0.15, -0.1) is 0 Å². The van der Waals surface area contributed by atoms with Crippen LogP contribution in [0.5, 0.6) is 5.75 Å². The predicted molar refractivity (Wildman–Crippen MR) is 76.9 cm³/mol. The first-order valence-electron chi connectivity index (χ1n) is 5.87. The number of nitrogen functional groups attached to an aromatic ring is 1. The number of para-hydroxylation sites is 1. The molecule has 0 heterocycles. The largest absolute Gasteiger partial charge is 0.434 e. The number of ether oxygens (including phenoxy) is 1. The van der Waals surface area contributed by atoms with Crippen LogP contribution in [0, 0.1) is 0 Å². The van der Waals surface area contributed by atoms with E-state index >= 15 is 0 Å². The number of hydrogen-bond acceptors (Lipinski definition) is 3. The maximum absolute atomic E-state index is 12.3. The minimum atomic E-state index is -3.01. The van der Waals surface area contributed by atoms with Crippen LogP contribution in [0.3, 0.4) is 0 Å². The highest BCUT2D eigenvalue weighted by molar-refractivity contribution is 6.34. The fourth-order valence-electron chi connectivity index (χ4n) is 1.68. The van der Waals surface area contributed by atoms with Crippen molar-refractivity contribution in [2.24, 2.45) is 0 Å². The summed E-state index contributed by atoms with van der Waals surface area (Å²) in [6.45, 7) is -3.01. The highest BCUT2D eigenvalue weighted by Crippen LogP contribution is 2.26. The molecule has 2 rings (SSSR count). The van der Waals surface area contributed by atoms with Gasteiger partial charge in [-0.3, -0.25) is 4.79 Å². The van der Waals surface area contributed by atoms with Gasteiger partial charge in [-0.2, -0.15) is 8.78 Å². The van der Waals surface area contributed by atoms with Crippen LogP contribution in [0.1, 0.15) is 10.4 Å². The normalized spacial score (nSPS) is 10.5. The zero-order valence-corrected chi connectivity index (χ0v) is 11.4. The van der Waals surface area contributed by atoms with Gasteiger partial charge in [-0.1, -0.05) is 23.7 Å². The summed E-state index contributed by atoms with van der Waals surface area (Å²) in [7, 11) is 0.